The number of rotatable bonds is 7. The lowest BCUT2D eigenvalue weighted by molar-refractivity contribution is 0.287. The van der Waals surface area contributed by atoms with Gasteiger partial charge in [0.05, 0.1) is 11.4 Å². The molecule has 0 spiro atoms. The number of thiophene rings is 1. The lowest BCUT2D eigenvalue weighted by Gasteiger charge is -2.12. The number of hydrogen-bond acceptors (Lipinski definition) is 4. The van der Waals surface area contributed by atoms with Crippen LogP contribution in [0.1, 0.15) is 23.3 Å². The van der Waals surface area contributed by atoms with Gasteiger partial charge in [-0.2, -0.15) is 0 Å². The van der Waals surface area contributed by atoms with Crippen LogP contribution in [0, 0.1) is 0 Å². The molecule has 1 heterocycles. The van der Waals surface area contributed by atoms with Gasteiger partial charge in [-0.15, -0.1) is 11.3 Å². The van der Waals surface area contributed by atoms with Gasteiger partial charge in [0.15, 0.2) is 11.5 Å². The summed E-state index contributed by atoms with van der Waals surface area (Å²) < 4.78 is 12.0. The van der Waals surface area contributed by atoms with E-state index < -0.39 is 0 Å². The van der Waals surface area contributed by atoms with Crippen LogP contribution in [0.25, 0.3) is 0 Å². The van der Waals surface area contributed by atoms with Crippen LogP contribution in [0.5, 0.6) is 11.5 Å². The van der Waals surface area contributed by atoms with E-state index in [4.69, 9.17) is 21.1 Å². The first-order valence-electron chi connectivity index (χ1n) is 7.02. The van der Waals surface area contributed by atoms with Crippen molar-refractivity contribution in [3.63, 3.8) is 0 Å². The molecule has 1 fully saturated rings. The first-order chi connectivity index (χ1) is 10.2. The molecule has 3 rings (SSSR count). The topological polar surface area (TPSA) is 30.5 Å². The summed E-state index contributed by atoms with van der Waals surface area (Å²) in [5, 5.41) is 3.49. The largest absolute Gasteiger partial charge is 0.493 e. The maximum absolute atomic E-state index is 5.92. The normalized spacial score (nSPS) is 14.2. The molecule has 0 aliphatic heterocycles. The maximum Gasteiger partial charge on any atom is 0.161 e. The average Bonchev–Trinajstić information content (AvgIpc) is 3.24. The van der Waals surface area contributed by atoms with Gasteiger partial charge in [0.2, 0.25) is 0 Å². The Labute approximate surface area is 133 Å². The van der Waals surface area contributed by atoms with E-state index in [9.17, 15) is 0 Å². The molecule has 0 radical (unpaired) electrons. The number of hydrogen-bond donors (Lipinski definition) is 1. The second-order valence-electron chi connectivity index (χ2n) is 5.13. The summed E-state index contributed by atoms with van der Waals surface area (Å²) in [4.78, 5) is 1.10. The third kappa shape index (κ3) is 4.13. The van der Waals surface area contributed by atoms with Gasteiger partial charge in [0.1, 0.15) is 6.61 Å². The fourth-order valence-corrected chi connectivity index (χ4v) is 3.07. The van der Waals surface area contributed by atoms with E-state index in [-0.39, 0.29) is 0 Å². The number of ether oxygens (including phenoxy) is 2. The van der Waals surface area contributed by atoms with Crippen LogP contribution >= 0.6 is 22.9 Å². The van der Waals surface area contributed by atoms with Crippen LogP contribution in [0.15, 0.2) is 30.3 Å². The van der Waals surface area contributed by atoms with Gasteiger partial charge in [0.25, 0.3) is 0 Å². The zero-order chi connectivity index (χ0) is 14.7. The third-order valence-corrected chi connectivity index (χ3v) is 4.60. The average molecular weight is 324 g/mol. The molecule has 1 aromatic heterocycles. The van der Waals surface area contributed by atoms with Crippen molar-refractivity contribution in [2.24, 2.45) is 0 Å². The predicted molar refractivity (Wildman–Crippen MR) is 86.5 cm³/mol. The van der Waals surface area contributed by atoms with Crippen molar-refractivity contribution >= 4 is 22.9 Å². The molecule has 21 heavy (non-hydrogen) atoms. The molecule has 3 nitrogen and oxygen atoms in total. The molecule has 1 aliphatic rings. The van der Waals surface area contributed by atoms with Crippen LogP contribution in [0.2, 0.25) is 4.34 Å². The maximum atomic E-state index is 5.92. The highest BCUT2D eigenvalue weighted by Gasteiger charge is 2.20. The van der Waals surface area contributed by atoms with E-state index in [1.54, 1.807) is 7.11 Å². The summed E-state index contributed by atoms with van der Waals surface area (Å²) in [6.07, 6.45) is 2.59. The Bertz CT molecular complexity index is 610. The van der Waals surface area contributed by atoms with Crippen molar-refractivity contribution in [1.29, 1.82) is 0 Å². The quantitative estimate of drug-likeness (QED) is 0.826. The second kappa shape index (κ2) is 6.69. The SMILES string of the molecule is COc1cc(CNC2CC2)ccc1OCc1ccc(Cl)s1. The standard InChI is InChI=1S/C16H18ClNO2S/c1-19-15-8-11(9-18-12-3-4-12)2-6-14(15)20-10-13-5-7-16(17)21-13/h2,5-8,12,18H,3-4,9-10H2,1H3. The van der Waals surface area contributed by atoms with Gasteiger partial charge < -0.3 is 14.8 Å². The number of benzene rings is 1. The van der Waals surface area contributed by atoms with Gasteiger partial charge in [-0.3, -0.25) is 0 Å². The molecule has 0 saturated heterocycles. The minimum absolute atomic E-state index is 0.507. The Morgan fingerprint density at radius 1 is 1.24 bits per heavy atom. The Kier molecular flexibility index (Phi) is 4.68. The predicted octanol–water partition coefficient (Wildman–Crippen LogP) is 4.24. The van der Waals surface area contributed by atoms with E-state index in [0.29, 0.717) is 12.6 Å². The molecule has 1 aromatic carbocycles. The Hall–Kier alpha value is -1.23. The Balaban J connectivity index is 1.63. The highest BCUT2D eigenvalue weighted by molar-refractivity contribution is 7.16. The third-order valence-electron chi connectivity index (χ3n) is 3.40. The Morgan fingerprint density at radius 2 is 2.10 bits per heavy atom. The smallest absolute Gasteiger partial charge is 0.161 e. The first kappa shape index (κ1) is 14.7. The highest BCUT2D eigenvalue weighted by Crippen LogP contribution is 2.30. The summed E-state index contributed by atoms with van der Waals surface area (Å²) in [6.45, 7) is 1.38. The van der Waals surface area contributed by atoms with Crippen molar-refractivity contribution < 1.29 is 9.47 Å². The van der Waals surface area contributed by atoms with Crippen LogP contribution in [0.4, 0.5) is 0 Å². The second-order valence-corrected chi connectivity index (χ2v) is 6.93. The molecule has 0 atom stereocenters. The fourth-order valence-electron chi connectivity index (χ4n) is 2.07. The lowest BCUT2D eigenvalue weighted by atomic mass is 10.2. The molecule has 1 saturated carbocycles. The van der Waals surface area contributed by atoms with Gasteiger partial charge in [-0.1, -0.05) is 17.7 Å². The summed E-state index contributed by atoms with van der Waals surface area (Å²) in [7, 11) is 1.67. The van der Waals surface area contributed by atoms with Crippen LogP contribution in [-0.2, 0) is 13.2 Å². The number of nitrogens with one attached hydrogen (secondary N) is 1. The van der Waals surface area contributed by atoms with Crippen molar-refractivity contribution in [3.05, 3.63) is 45.1 Å². The summed E-state index contributed by atoms with van der Waals surface area (Å²) in [5.74, 6) is 1.53. The zero-order valence-corrected chi connectivity index (χ0v) is 13.5. The zero-order valence-electron chi connectivity index (χ0n) is 11.9. The number of halogens is 1. The van der Waals surface area contributed by atoms with Crippen molar-refractivity contribution in [3.8, 4) is 11.5 Å². The molecule has 1 N–H and O–H groups in total. The van der Waals surface area contributed by atoms with Gasteiger partial charge in [-0.05, 0) is 42.7 Å². The van der Waals surface area contributed by atoms with Gasteiger partial charge in [-0.25, -0.2) is 0 Å². The Morgan fingerprint density at radius 3 is 2.76 bits per heavy atom. The van der Waals surface area contributed by atoms with E-state index in [1.807, 2.05) is 24.3 Å². The number of methoxy groups -OCH3 is 1. The summed E-state index contributed by atoms with van der Waals surface area (Å²) in [6, 6.07) is 10.6. The van der Waals surface area contributed by atoms with Crippen LogP contribution < -0.4 is 14.8 Å². The molecule has 0 amide bonds. The van der Waals surface area contributed by atoms with Crippen LogP contribution in [-0.4, -0.2) is 13.2 Å². The molecule has 1 aliphatic carbocycles. The molecule has 0 unspecified atom stereocenters. The first-order valence-corrected chi connectivity index (χ1v) is 8.21. The van der Waals surface area contributed by atoms with Crippen molar-refractivity contribution in [2.75, 3.05) is 7.11 Å². The van der Waals surface area contributed by atoms with Gasteiger partial charge >= 0.3 is 0 Å². The summed E-state index contributed by atoms with van der Waals surface area (Å²) >= 11 is 7.45. The minimum atomic E-state index is 0.507. The van der Waals surface area contributed by atoms with E-state index in [0.717, 1.165) is 27.3 Å². The molecule has 112 valence electrons. The van der Waals surface area contributed by atoms with Gasteiger partial charge in [0, 0.05) is 17.5 Å². The van der Waals surface area contributed by atoms with Crippen molar-refractivity contribution in [1.82, 2.24) is 5.32 Å². The van der Waals surface area contributed by atoms with E-state index in [2.05, 4.69) is 11.4 Å². The van der Waals surface area contributed by atoms with Crippen molar-refractivity contribution in [2.45, 2.75) is 32.0 Å². The van der Waals surface area contributed by atoms with Crippen LogP contribution in [0.3, 0.4) is 0 Å². The molecule has 0 bridgehead atoms. The highest BCUT2D eigenvalue weighted by atomic mass is 35.5. The molecular weight excluding hydrogens is 306 g/mol. The summed E-state index contributed by atoms with van der Waals surface area (Å²) in [5.41, 5.74) is 1.21. The fraction of sp³-hybridized carbons (Fsp3) is 0.375. The molecule has 2 aromatic rings. The molecular formula is C16H18ClNO2S. The molecule has 5 heteroatoms. The van der Waals surface area contributed by atoms with E-state index >= 15 is 0 Å². The monoisotopic (exact) mass is 323 g/mol. The lowest BCUT2D eigenvalue weighted by Crippen LogP contribution is -2.15. The van der Waals surface area contributed by atoms with E-state index in [1.165, 1.54) is 29.7 Å². The minimum Gasteiger partial charge on any atom is -0.493 e.